The fraction of sp³-hybridized carbons (Fsp3) is 0.333. The van der Waals surface area contributed by atoms with Crippen LogP contribution in [0.15, 0.2) is 12.1 Å². The molecule has 72 valence electrons. The molecule has 0 saturated heterocycles. The summed E-state index contributed by atoms with van der Waals surface area (Å²) in [5, 5.41) is 0. The minimum Gasteiger partial charge on any atom is -0.398 e. The summed E-state index contributed by atoms with van der Waals surface area (Å²) in [6.45, 7) is 0. The first-order valence-electron chi connectivity index (χ1n) is 3.95. The Hall–Kier alpha value is 0.0700. The van der Waals surface area contributed by atoms with Crippen LogP contribution in [0.2, 0.25) is 0 Å². The molecule has 0 aliphatic heterocycles. The second-order valence-electron chi connectivity index (χ2n) is 2.80. The van der Waals surface area contributed by atoms with Crippen molar-refractivity contribution in [3.05, 3.63) is 28.8 Å². The summed E-state index contributed by atoms with van der Waals surface area (Å²) in [5.41, 5.74) is 10.0. The van der Waals surface area contributed by atoms with E-state index in [0.29, 0.717) is 11.5 Å². The van der Waals surface area contributed by atoms with Gasteiger partial charge in [0.15, 0.2) is 0 Å². The van der Waals surface area contributed by atoms with E-state index < -0.39 is 0 Å². The van der Waals surface area contributed by atoms with Crippen LogP contribution < -0.4 is 5.73 Å². The van der Waals surface area contributed by atoms with Crippen LogP contribution in [-0.4, -0.2) is 0 Å². The molecule has 1 aromatic rings. The number of benzene rings is 1. The molecule has 0 atom stereocenters. The Bertz CT molecular complexity index is 274. The average molecular weight is 231 g/mol. The highest BCUT2D eigenvalue weighted by Crippen LogP contribution is 2.24. The lowest BCUT2D eigenvalue weighted by Gasteiger charge is -2.10. The van der Waals surface area contributed by atoms with Gasteiger partial charge in [0.25, 0.3) is 0 Å². The highest BCUT2D eigenvalue weighted by atomic mass is 32.1. The van der Waals surface area contributed by atoms with Gasteiger partial charge >= 0.3 is 0 Å². The predicted molar refractivity (Wildman–Crippen MR) is 68.9 cm³/mol. The number of hydrogen-bond acceptors (Lipinski definition) is 4. The van der Waals surface area contributed by atoms with Gasteiger partial charge in [-0.15, -0.1) is 0 Å². The van der Waals surface area contributed by atoms with Gasteiger partial charge in [-0.2, -0.15) is 37.9 Å². The standard InChI is InChI=1S/C9H13NS3/c10-9-7(4-12)1-6(3-11)2-8(9)5-13/h1-2,11-13H,3-5,10H2. The molecule has 4 heteroatoms. The average Bonchev–Trinajstić information content (AvgIpc) is 2.18. The minimum atomic E-state index is 0.661. The van der Waals surface area contributed by atoms with Crippen molar-refractivity contribution in [3.8, 4) is 0 Å². The maximum Gasteiger partial charge on any atom is 0.0396 e. The summed E-state index contributed by atoms with van der Waals surface area (Å²) in [6, 6.07) is 4.09. The van der Waals surface area contributed by atoms with E-state index in [1.54, 1.807) is 0 Å². The van der Waals surface area contributed by atoms with Crippen LogP contribution in [0.25, 0.3) is 0 Å². The normalized spacial score (nSPS) is 10.4. The topological polar surface area (TPSA) is 26.0 Å². The number of hydrogen-bond donors (Lipinski definition) is 4. The largest absolute Gasteiger partial charge is 0.398 e. The third-order valence-electron chi connectivity index (χ3n) is 1.93. The number of rotatable bonds is 3. The molecular formula is C9H13NS3. The van der Waals surface area contributed by atoms with Crippen molar-refractivity contribution in [1.29, 1.82) is 0 Å². The van der Waals surface area contributed by atoms with Crippen molar-refractivity contribution in [2.75, 3.05) is 5.73 Å². The van der Waals surface area contributed by atoms with Crippen LogP contribution in [-0.2, 0) is 17.3 Å². The van der Waals surface area contributed by atoms with E-state index in [-0.39, 0.29) is 0 Å². The molecule has 0 aliphatic rings. The van der Waals surface area contributed by atoms with Crippen molar-refractivity contribution < 1.29 is 0 Å². The summed E-state index contributed by atoms with van der Waals surface area (Å²) < 4.78 is 0. The third kappa shape index (κ3) is 2.51. The lowest BCUT2D eigenvalue weighted by molar-refractivity contribution is 1.28. The fourth-order valence-electron chi connectivity index (χ4n) is 1.20. The van der Waals surface area contributed by atoms with E-state index in [0.717, 1.165) is 22.6 Å². The zero-order chi connectivity index (χ0) is 9.84. The molecule has 13 heavy (non-hydrogen) atoms. The van der Waals surface area contributed by atoms with Crippen LogP contribution in [0.1, 0.15) is 16.7 Å². The molecule has 0 aliphatic carbocycles. The zero-order valence-electron chi connectivity index (χ0n) is 7.20. The predicted octanol–water partition coefficient (Wildman–Crippen LogP) is 2.56. The maximum absolute atomic E-state index is 5.91. The Balaban J connectivity index is 3.20. The van der Waals surface area contributed by atoms with Gasteiger partial charge in [-0.25, -0.2) is 0 Å². The summed E-state index contributed by atoms with van der Waals surface area (Å²) in [4.78, 5) is 0. The molecule has 0 heterocycles. The molecule has 1 nitrogen and oxygen atoms in total. The number of anilines is 1. The maximum atomic E-state index is 5.91. The van der Waals surface area contributed by atoms with Crippen molar-refractivity contribution >= 4 is 43.6 Å². The highest BCUT2D eigenvalue weighted by Gasteiger charge is 2.04. The molecule has 0 unspecified atom stereocenters. The molecular weight excluding hydrogens is 218 g/mol. The Morgan fingerprint density at radius 1 is 0.923 bits per heavy atom. The van der Waals surface area contributed by atoms with E-state index in [4.69, 9.17) is 5.73 Å². The van der Waals surface area contributed by atoms with Crippen LogP contribution >= 0.6 is 37.9 Å². The summed E-state index contributed by atoms with van der Waals surface area (Å²) in [6.07, 6.45) is 0. The zero-order valence-corrected chi connectivity index (χ0v) is 9.88. The SMILES string of the molecule is Nc1c(CS)cc(CS)cc1CS. The second kappa shape index (κ2) is 5.08. The third-order valence-corrected chi connectivity index (χ3v) is 2.98. The molecule has 0 saturated carbocycles. The van der Waals surface area contributed by atoms with Crippen molar-refractivity contribution in [2.45, 2.75) is 17.3 Å². The molecule has 2 N–H and O–H groups in total. The summed E-state index contributed by atoms with van der Waals surface area (Å²) in [7, 11) is 0. The van der Waals surface area contributed by atoms with Crippen LogP contribution in [0.3, 0.4) is 0 Å². The van der Waals surface area contributed by atoms with Gasteiger partial charge in [0, 0.05) is 22.9 Å². The molecule has 1 rings (SSSR count). The highest BCUT2D eigenvalue weighted by molar-refractivity contribution is 7.79. The van der Waals surface area contributed by atoms with Crippen molar-refractivity contribution in [2.24, 2.45) is 0 Å². The van der Waals surface area contributed by atoms with Gasteiger partial charge in [-0.05, 0) is 16.7 Å². The van der Waals surface area contributed by atoms with E-state index in [9.17, 15) is 0 Å². The molecule has 0 fully saturated rings. The van der Waals surface area contributed by atoms with Gasteiger partial charge in [-0.3, -0.25) is 0 Å². The van der Waals surface area contributed by atoms with E-state index in [1.165, 1.54) is 5.56 Å². The monoisotopic (exact) mass is 231 g/mol. The van der Waals surface area contributed by atoms with Gasteiger partial charge in [0.1, 0.15) is 0 Å². The van der Waals surface area contributed by atoms with Crippen LogP contribution in [0.5, 0.6) is 0 Å². The molecule has 1 aromatic carbocycles. The van der Waals surface area contributed by atoms with E-state index >= 15 is 0 Å². The quantitative estimate of drug-likeness (QED) is 0.467. The Morgan fingerprint density at radius 2 is 1.38 bits per heavy atom. The molecule has 0 aromatic heterocycles. The number of nitrogen functional groups attached to an aromatic ring is 1. The van der Waals surface area contributed by atoms with Crippen LogP contribution in [0, 0.1) is 0 Å². The second-order valence-corrected chi connectivity index (χ2v) is 3.75. The first kappa shape index (κ1) is 11.1. The molecule has 0 spiro atoms. The summed E-state index contributed by atoms with van der Waals surface area (Å²) in [5.74, 6) is 2.05. The van der Waals surface area contributed by atoms with Crippen molar-refractivity contribution in [1.82, 2.24) is 0 Å². The smallest absolute Gasteiger partial charge is 0.0396 e. The fourth-order valence-corrected chi connectivity index (χ4v) is 1.91. The molecule has 0 radical (unpaired) electrons. The minimum absolute atomic E-state index is 0.661. The lowest BCUT2D eigenvalue weighted by Crippen LogP contribution is -1.99. The Labute approximate surface area is 95.3 Å². The van der Waals surface area contributed by atoms with E-state index in [1.807, 2.05) is 12.1 Å². The van der Waals surface area contributed by atoms with Gasteiger partial charge in [-0.1, -0.05) is 12.1 Å². The molecule has 0 amide bonds. The summed E-state index contributed by atoms with van der Waals surface area (Å²) >= 11 is 12.7. The number of nitrogens with two attached hydrogens (primary N) is 1. The van der Waals surface area contributed by atoms with Gasteiger partial charge in [0.2, 0.25) is 0 Å². The van der Waals surface area contributed by atoms with Gasteiger partial charge < -0.3 is 5.73 Å². The van der Waals surface area contributed by atoms with E-state index in [2.05, 4.69) is 37.9 Å². The Kier molecular flexibility index (Phi) is 4.35. The first-order valence-corrected chi connectivity index (χ1v) is 5.85. The van der Waals surface area contributed by atoms with Gasteiger partial charge in [0.05, 0.1) is 0 Å². The first-order chi connectivity index (χ1) is 6.22. The van der Waals surface area contributed by atoms with Crippen LogP contribution in [0.4, 0.5) is 5.69 Å². The van der Waals surface area contributed by atoms with Crippen molar-refractivity contribution in [3.63, 3.8) is 0 Å². The molecule has 0 bridgehead atoms. The Morgan fingerprint density at radius 3 is 1.69 bits per heavy atom. The lowest BCUT2D eigenvalue weighted by atomic mass is 10.1. The number of thiol groups is 3.